The van der Waals surface area contributed by atoms with E-state index in [-0.39, 0.29) is 19.4 Å². The minimum Gasteiger partial charge on any atom is -0.481 e. The van der Waals surface area contributed by atoms with Gasteiger partial charge in [0.05, 0.1) is 5.92 Å². The molecule has 0 saturated heterocycles. The quantitative estimate of drug-likeness (QED) is 0.519. The molecule has 0 radical (unpaired) electrons. The second-order valence-corrected chi connectivity index (χ2v) is 3.12. The summed E-state index contributed by atoms with van der Waals surface area (Å²) in [5.41, 5.74) is 0. The van der Waals surface area contributed by atoms with Crippen molar-refractivity contribution in [3.63, 3.8) is 0 Å². The maximum Gasteiger partial charge on any atom is 0.320 e. The first-order chi connectivity index (χ1) is 7.51. The fourth-order valence-electron chi connectivity index (χ4n) is 1.01. The molecule has 5 nitrogen and oxygen atoms in total. The molecule has 0 aromatic heterocycles. The Hall–Kier alpha value is -1.98. The zero-order valence-electron chi connectivity index (χ0n) is 8.64. The van der Waals surface area contributed by atoms with Crippen molar-refractivity contribution in [1.82, 2.24) is 5.32 Å². The molecule has 0 amide bonds. The Labute approximate surface area is 93.8 Å². The lowest BCUT2D eigenvalue weighted by Crippen LogP contribution is -2.39. The molecule has 0 aliphatic heterocycles. The van der Waals surface area contributed by atoms with Gasteiger partial charge in [-0.15, -0.1) is 12.8 Å². The topological polar surface area (TPSA) is 86.6 Å². The number of carboxylic acids is 2. The Kier molecular flexibility index (Phi) is 6.42. The maximum absolute atomic E-state index is 10.7. The molecule has 0 spiro atoms. The van der Waals surface area contributed by atoms with Crippen molar-refractivity contribution in [2.45, 2.75) is 18.9 Å². The molecule has 0 unspecified atom stereocenters. The van der Waals surface area contributed by atoms with E-state index in [9.17, 15) is 9.59 Å². The van der Waals surface area contributed by atoms with Crippen LogP contribution in [-0.4, -0.2) is 34.7 Å². The van der Waals surface area contributed by atoms with Gasteiger partial charge in [-0.25, -0.2) is 0 Å². The standard InChI is InChI=1S/C11H13NO4/c1-3-8(4-2)7-12-9(11(15)16)5-6-10(13)14/h1-2,8-9,12H,5-7H2,(H,13,14)(H,15,16)/t9-/m0/s1. The molecule has 0 aromatic carbocycles. The van der Waals surface area contributed by atoms with Crippen molar-refractivity contribution in [2.75, 3.05) is 6.54 Å². The summed E-state index contributed by atoms with van der Waals surface area (Å²) in [7, 11) is 0. The van der Waals surface area contributed by atoms with Crippen LogP contribution in [0.1, 0.15) is 12.8 Å². The van der Waals surface area contributed by atoms with Crippen LogP contribution in [0.15, 0.2) is 0 Å². The Morgan fingerprint density at radius 3 is 2.19 bits per heavy atom. The third kappa shape index (κ3) is 5.69. The lowest BCUT2D eigenvalue weighted by molar-refractivity contribution is -0.140. The van der Waals surface area contributed by atoms with E-state index in [1.807, 2.05) is 0 Å². The first kappa shape index (κ1) is 14.0. The second kappa shape index (κ2) is 7.33. The van der Waals surface area contributed by atoms with Crippen LogP contribution < -0.4 is 5.32 Å². The number of nitrogens with one attached hydrogen (secondary N) is 1. The predicted octanol–water partition coefficient (Wildman–Crippen LogP) is -0.223. The summed E-state index contributed by atoms with van der Waals surface area (Å²) in [6.07, 6.45) is 9.96. The minimum absolute atomic E-state index is 0.00741. The van der Waals surface area contributed by atoms with E-state index in [2.05, 4.69) is 17.2 Å². The highest BCUT2D eigenvalue weighted by atomic mass is 16.4. The molecule has 0 bridgehead atoms. The van der Waals surface area contributed by atoms with Gasteiger partial charge in [-0.1, -0.05) is 11.8 Å². The smallest absolute Gasteiger partial charge is 0.320 e. The lowest BCUT2D eigenvalue weighted by atomic mass is 10.1. The van der Waals surface area contributed by atoms with Gasteiger partial charge in [-0.05, 0) is 6.42 Å². The highest BCUT2D eigenvalue weighted by molar-refractivity contribution is 5.75. The highest BCUT2D eigenvalue weighted by Gasteiger charge is 2.18. The van der Waals surface area contributed by atoms with Gasteiger partial charge in [0.15, 0.2) is 0 Å². The van der Waals surface area contributed by atoms with E-state index in [1.165, 1.54) is 0 Å². The Morgan fingerprint density at radius 1 is 1.25 bits per heavy atom. The monoisotopic (exact) mass is 223 g/mol. The minimum atomic E-state index is -1.12. The number of hydrogen-bond acceptors (Lipinski definition) is 3. The van der Waals surface area contributed by atoms with Crippen LogP contribution in [0.3, 0.4) is 0 Å². The van der Waals surface area contributed by atoms with Gasteiger partial charge in [-0.2, -0.15) is 0 Å². The van der Waals surface area contributed by atoms with Crippen LogP contribution in [0, 0.1) is 30.6 Å². The number of aliphatic carboxylic acids is 2. The van der Waals surface area contributed by atoms with Crippen molar-refractivity contribution >= 4 is 11.9 Å². The molecule has 1 atom stereocenters. The normalized spacial score (nSPS) is 11.4. The number of carboxylic acid groups (broad SMARTS) is 2. The number of carbonyl (C=O) groups is 2. The van der Waals surface area contributed by atoms with Gasteiger partial charge in [0, 0.05) is 13.0 Å². The van der Waals surface area contributed by atoms with Crippen molar-refractivity contribution in [1.29, 1.82) is 0 Å². The predicted molar refractivity (Wildman–Crippen MR) is 57.5 cm³/mol. The SMILES string of the molecule is C#CC(C#C)CN[C@@H](CCC(=O)O)C(=O)O. The van der Waals surface area contributed by atoms with Crippen molar-refractivity contribution < 1.29 is 19.8 Å². The molecule has 0 aromatic rings. The summed E-state index contributed by atoms with van der Waals surface area (Å²) in [4.78, 5) is 21.0. The molecule has 0 rings (SSSR count). The summed E-state index contributed by atoms with van der Waals surface area (Å²) in [5.74, 6) is 1.95. The van der Waals surface area contributed by atoms with E-state index in [0.717, 1.165) is 0 Å². The second-order valence-electron chi connectivity index (χ2n) is 3.12. The van der Waals surface area contributed by atoms with Crippen molar-refractivity contribution in [3.8, 4) is 24.7 Å². The zero-order chi connectivity index (χ0) is 12.6. The van der Waals surface area contributed by atoms with Crippen LogP contribution in [0.2, 0.25) is 0 Å². The fraction of sp³-hybridized carbons (Fsp3) is 0.455. The van der Waals surface area contributed by atoms with Crippen LogP contribution in [0.4, 0.5) is 0 Å². The molecular formula is C11H13NO4. The Bertz CT molecular complexity index is 323. The molecule has 0 fully saturated rings. The molecule has 3 N–H and O–H groups in total. The Morgan fingerprint density at radius 2 is 1.81 bits per heavy atom. The van der Waals surface area contributed by atoms with Crippen LogP contribution in [0.25, 0.3) is 0 Å². The van der Waals surface area contributed by atoms with Crippen LogP contribution in [0.5, 0.6) is 0 Å². The van der Waals surface area contributed by atoms with Crippen LogP contribution in [-0.2, 0) is 9.59 Å². The molecule has 0 saturated carbocycles. The van der Waals surface area contributed by atoms with E-state index >= 15 is 0 Å². The summed E-state index contributed by atoms with van der Waals surface area (Å²) in [6.45, 7) is 0.156. The van der Waals surface area contributed by atoms with Crippen LogP contribution >= 0.6 is 0 Å². The zero-order valence-corrected chi connectivity index (χ0v) is 8.64. The van der Waals surface area contributed by atoms with Crippen molar-refractivity contribution in [2.24, 2.45) is 5.92 Å². The van der Waals surface area contributed by atoms with Gasteiger partial charge in [0.2, 0.25) is 0 Å². The van der Waals surface area contributed by atoms with Gasteiger partial charge in [-0.3, -0.25) is 9.59 Å². The third-order valence-electron chi connectivity index (χ3n) is 1.92. The number of rotatable bonds is 7. The van der Waals surface area contributed by atoms with E-state index < -0.39 is 23.9 Å². The van der Waals surface area contributed by atoms with Crippen molar-refractivity contribution in [3.05, 3.63) is 0 Å². The third-order valence-corrected chi connectivity index (χ3v) is 1.92. The van der Waals surface area contributed by atoms with E-state index in [4.69, 9.17) is 23.1 Å². The summed E-state index contributed by atoms with van der Waals surface area (Å²) < 4.78 is 0. The average Bonchev–Trinajstić information content (AvgIpc) is 2.22. The highest BCUT2D eigenvalue weighted by Crippen LogP contribution is 1.99. The van der Waals surface area contributed by atoms with E-state index in [1.54, 1.807) is 0 Å². The summed E-state index contributed by atoms with van der Waals surface area (Å²) >= 11 is 0. The van der Waals surface area contributed by atoms with Gasteiger partial charge < -0.3 is 15.5 Å². The molecule has 16 heavy (non-hydrogen) atoms. The summed E-state index contributed by atoms with van der Waals surface area (Å²) in [6, 6.07) is -0.944. The first-order valence-corrected chi connectivity index (χ1v) is 4.61. The molecule has 0 aliphatic rings. The number of hydrogen-bond donors (Lipinski definition) is 3. The first-order valence-electron chi connectivity index (χ1n) is 4.61. The van der Waals surface area contributed by atoms with Gasteiger partial charge in [0.1, 0.15) is 6.04 Å². The number of terminal acetylenes is 2. The maximum atomic E-state index is 10.7. The molecule has 0 heterocycles. The van der Waals surface area contributed by atoms with Gasteiger partial charge >= 0.3 is 11.9 Å². The largest absolute Gasteiger partial charge is 0.481 e. The fourth-order valence-corrected chi connectivity index (χ4v) is 1.01. The molecule has 0 aliphatic carbocycles. The Balaban J connectivity index is 4.16. The molecule has 5 heteroatoms. The molecular weight excluding hydrogens is 210 g/mol. The average molecular weight is 223 g/mol. The van der Waals surface area contributed by atoms with Gasteiger partial charge in [0.25, 0.3) is 0 Å². The molecule has 86 valence electrons. The summed E-state index contributed by atoms with van der Waals surface area (Å²) in [5, 5.41) is 19.8. The lowest BCUT2D eigenvalue weighted by Gasteiger charge is -2.14. The van der Waals surface area contributed by atoms with E-state index in [0.29, 0.717) is 0 Å².